The molecule has 1 atom stereocenters. The Balaban J connectivity index is 1.68. The van der Waals surface area contributed by atoms with Crippen molar-refractivity contribution in [2.45, 2.75) is 32.4 Å². The molecule has 0 aliphatic carbocycles. The van der Waals surface area contributed by atoms with E-state index in [1.807, 2.05) is 6.20 Å². The maximum atomic E-state index is 12.0. The van der Waals surface area contributed by atoms with Gasteiger partial charge in [0.2, 0.25) is 0 Å². The number of nitrogens with zero attached hydrogens (tertiary/aromatic N) is 3. The lowest BCUT2D eigenvalue weighted by Gasteiger charge is -2.24. The Morgan fingerprint density at radius 1 is 1.56 bits per heavy atom. The first-order valence-electron chi connectivity index (χ1n) is 5.95. The van der Waals surface area contributed by atoms with Crippen molar-refractivity contribution in [3.8, 4) is 0 Å². The Labute approximate surface area is 104 Å². The van der Waals surface area contributed by atoms with Crippen LogP contribution < -0.4 is 5.32 Å². The van der Waals surface area contributed by atoms with E-state index >= 15 is 0 Å². The number of fused-ring (bicyclic) bond motifs is 1. The third-order valence-electron chi connectivity index (χ3n) is 3.23. The van der Waals surface area contributed by atoms with Crippen LogP contribution in [0.15, 0.2) is 23.2 Å². The lowest BCUT2D eigenvalue weighted by atomic mass is 10.1. The van der Waals surface area contributed by atoms with Gasteiger partial charge in [0.1, 0.15) is 11.6 Å². The van der Waals surface area contributed by atoms with E-state index < -0.39 is 0 Å². The molecule has 1 aliphatic rings. The number of hydrogen-bond acceptors (Lipinski definition) is 4. The number of carbonyl (C=O) groups excluding carboxylic acids is 1. The van der Waals surface area contributed by atoms with Gasteiger partial charge < -0.3 is 14.3 Å². The molecule has 1 N–H and O–H groups in total. The van der Waals surface area contributed by atoms with Crippen molar-refractivity contribution in [1.82, 2.24) is 19.9 Å². The van der Waals surface area contributed by atoms with Gasteiger partial charge in [0.15, 0.2) is 12.1 Å². The average Bonchev–Trinajstić information content (AvgIpc) is 2.96. The van der Waals surface area contributed by atoms with Crippen LogP contribution in [-0.4, -0.2) is 26.5 Å². The summed E-state index contributed by atoms with van der Waals surface area (Å²) in [6.45, 7) is 2.49. The molecule has 0 bridgehead atoms. The zero-order valence-electron chi connectivity index (χ0n) is 10.1. The normalized spacial score (nSPS) is 18.4. The third-order valence-corrected chi connectivity index (χ3v) is 3.23. The second kappa shape index (κ2) is 4.29. The average molecular weight is 246 g/mol. The summed E-state index contributed by atoms with van der Waals surface area (Å²) in [5.74, 6) is 1.46. The maximum Gasteiger partial charge on any atom is 0.273 e. The fourth-order valence-corrected chi connectivity index (χ4v) is 2.26. The number of oxazole rings is 1. The second-order valence-electron chi connectivity index (χ2n) is 4.46. The van der Waals surface area contributed by atoms with Crippen molar-refractivity contribution in [1.29, 1.82) is 0 Å². The van der Waals surface area contributed by atoms with Crippen LogP contribution in [-0.2, 0) is 13.0 Å². The molecule has 0 saturated carbocycles. The van der Waals surface area contributed by atoms with Crippen LogP contribution in [0.2, 0.25) is 0 Å². The summed E-state index contributed by atoms with van der Waals surface area (Å²) in [4.78, 5) is 20.2. The molecule has 0 unspecified atom stereocenters. The molecule has 0 saturated heterocycles. The highest BCUT2D eigenvalue weighted by Crippen LogP contribution is 2.14. The molecule has 94 valence electrons. The van der Waals surface area contributed by atoms with Crippen molar-refractivity contribution < 1.29 is 9.21 Å². The fraction of sp³-hybridized carbons (Fsp3) is 0.417. The number of hydrogen-bond donors (Lipinski definition) is 1. The second-order valence-corrected chi connectivity index (χ2v) is 4.46. The van der Waals surface area contributed by atoms with Gasteiger partial charge in [-0.1, -0.05) is 0 Å². The Bertz CT molecular complexity index is 572. The first-order valence-corrected chi connectivity index (χ1v) is 5.95. The fourth-order valence-electron chi connectivity index (χ4n) is 2.26. The van der Waals surface area contributed by atoms with Crippen molar-refractivity contribution in [3.63, 3.8) is 0 Å². The Kier molecular flexibility index (Phi) is 2.62. The first-order chi connectivity index (χ1) is 8.74. The number of carbonyl (C=O) groups is 1. The van der Waals surface area contributed by atoms with Crippen molar-refractivity contribution in [3.05, 3.63) is 36.1 Å². The van der Waals surface area contributed by atoms with Gasteiger partial charge in [-0.25, -0.2) is 9.97 Å². The highest BCUT2D eigenvalue weighted by molar-refractivity contribution is 5.93. The molecule has 0 aromatic carbocycles. The molecular weight excluding hydrogens is 232 g/mol. The van der Waals surface area contributed by atoms with Crippen molar-refractivity contribution in [2.24, 2.45) is 0 Å². The molecule has 2 aromatic rings. The molecule has 1 aliphatic heterocycles. The highest BCUT2D eigenvalue weighted by atomic mass is 16.3. The van der Waals surface area contributed by atoms with Gasteiger partial charge in [0.25, 0.3) is 5.91 Å². The van der Waals surface area contributed by atoms with Gasteiger partial charge >= 0.3 is 0 Å². The van der Waals surface area contributed by atoms with E-state index in [-0.39, 0.29) is 11.9 Å². The van der Waals surface area contributed by atoms with Crippen LogP contribution in [0.3, 0.4) is 0 Å². The smallest absolute Gasteiger partial charge is 0.273 e. The minimum atomic E-state index is -0.171. The van der Waals surface area contributed by atoms with E-state index in [2.05, 4.69) is 19.9 Å². The minimum absolute atomic E-state index is 0.121. The van der Waals surface area contributed by atoms with E-state index in [1.165, 1.54) is 6.39 Å². The number of amides is 1. The largest absolute Gasteiger partial charge is 0.448 e. The standard InChI is InChI=1S/C12H14N4O2/c1-8-11(14-7-18-8)12(17)15-9-2-3-10-13-4-5-16(10)6-9/h4-5,7,9H,2-3,6H2,1H3,(H,15,17)/t9-/m0/s1. The molecule has 0 spiro atoms. The lowest BCUT2D eigenvalue weighted by molar-refractivity contribution is 0.0921. The lowest BCUT2D eigenvalue weighted by Crippen LogP contribution is -2.41. The summed E-state index contributed by atoms with van der Waals surface area (Å²) in [6, 6.07) is 0.121. The molecule has 0 radical (unpaired) electrons. The predicted octanol–water partition coefficient (Wildman–Crippen LogP) is 0.924. The van der Waals surface area contributed by atoms with Crippen LogP contribution in [0.25, 0.3) is 0 Å². The minimum Gasteiger partial charge on any atom is -0.448 e. The van der Waals surface area contributed by atoms with Crippen molar-refractivity contribution >= 4 is 5.91 Å². The molecular formula is C12H14N4O2. The number of nitrogens with one attached hydrogen (secondary N) is 1. The SMILES string of the molecule is Cc1ocnc1C(=O)N[C@H]1CCc2nccn2C1. The summed E-state index contributed by atoms with van der Waals surface area (Å²) in [5.41, 5.74) is 0.367. The summed E-state index contributed by atoms with van der Waals surface area (Å²) < 4.78 is 7.11. The van der Waals surface area contributed by atoms with E-state index in [0.29, 0.717) is 11.5 Å². The Morgan fingerprint density at radius 3 is 3.22 bits per heavy atom. The maximum absolute atomic E-state index is 12.0. The summed E-state index contributed by atoms with van der Waals surface area (Å²) in [5, 5.41) is 2.98. The zero-order valence-corrected chi connectivity index (χ0v) is 10.1. The van der Waals surface area contributed by atoms with Crippen LogP contribution in [0.4, 0.5) is 0 Å². The van der Waals surface area contributed by atoms with E-state index in [9.17, 15) is 4.79 Å². The van der Waals surface area contributed by atoms with Gasteiger partial charge in [-0.05, 0) is 13.3 Å². The number of aryl methyl sites for hydroxylation is 2. The van der Waals surface area contributed by atoms with Crippen LogP contribution >= 0.6 is 0 Å². The molecule has 3 heterocycles. The molecule has 2 aromatic heterocycles. The third kappa shape index (κ3) is 1.90. The molecule has 3 rings (SSSR count). The van der Waals surface area contributed by atoms with Gasteiger partial charge in [0, 0.05) is 31.4 Å². The number of aromatic nitrogens is 3. The van der Waals surface area contributed by atoms with Gasteiger partial charge in [-0.3, -0.25) is 4.79 Å². The molecule has 1 amide bonds. The summed E-state index contributed by atoms with van der Waals surface area (Å²) >= 11 is 0. The molecule has 6 heteroatoms. The van der Waals surface area contributed by atoms with Crippen LogP contribution in [0.1, 0.15) is 28.5 Å². The quantitative estimate of drug-likeness (QED) is 0.855. The number of imidazole rings is 1. The topological polar surface area (TPSA) is 73.0 Å². The summed E-state index contributed by atoms with van der Waals surface area (Å²) in [6.07, 6.45) is 6.81. The van der Waals surface area contributed by atoms with E-state index in [4.69, 9.17) is 4.42 Å². The predicted molar refractivity (Wildman–Crippen MR) is 63.0 cm³/mol. The van der Waals surface area contributed by atoms with E-state index in [1.54, 1.807) is 13.1 Å². The molecule has 6 nitrogen and oxygen atoms in total. The Hall–Kier alpha value is -2.11. The van der Waals surface area contributed by atoms with E-state index in [0.717, 1.165) is 25.2 Å². The van der Waals surface area contributed by atoms with Gasteiger partial charge in [-0.15, -0.1) is 0 Å². The van der Waals surface area contributed by atoms with Gasteiger partial charge in [-0.2, -0.15) is 0 Å². The monoisotopic (exact) mass is 246 g/mol. The molecule has 0 fully saturated rings. The van der Waals surface area contributed by atoms with Crippen molar-refractivity contribution in [2.75, 3.05) is 0 Å². The van der Waals surface area contributed by atoms with Crippen LogP contribution in [0, 0.1) is 6.92 Å². The first kappa shape index (κ1) is 11.0. The number of rotatable bonds is 2. The zero-order chi connectivity index (χ0) is 12.5. The van der Waals surface area contributed by atoms with Gasteiger partial charge in [0.05, 0.1) is 0 Å². The summed E-state index contributed by atoms with van der Waals surface area (Å²) in [7, 11) is 0. The Morgan fingerprint density at radius 2 is 2.44 bits per heavy atom. The molecule has 18 heavy (non-hydrogen) atoms. The highest BCUT2D eigenvalue weighted by Gasteiger charge is 2.22. The van der Waals surface area contributed by atoms with Crippen LogP contribution in [0.5, 0.6) is 0 Å².